The van der Waals surface area contributed by atoms with E-state index in [1.807, 2.05) is 10.8 Å². The molecule has 0 radical (unpaired) electrons. The van der Waals surface area contributed by atoms with Crippen molar-refractivity contribution in [2.24, 2.45) is 13.0 Å². The Bertz CT molecular complexity index is 1690. The monoisotopic (exact) mass is 566 g/mol. The third-order valence-corrected chi connectivity index (χ3v) is 7.80. The van der Waals surface area contributed by atoms with Gasteiger partial charge in [-0.1, -0.05) is 12.1 Å². The summed E-state index contributed by atoms with van der Waals surface area (Å²) in [5.74, 6) is -0.563. The van der Waals surface area contributed by atoms with Crippen LogP contribution in [0.25, 0.3) is 11.1 Å². The first kappa shape index (κ1) is 27.0. The molecule has 1 atom stereocenters. The highest BCUT2D eigenvalue weighted by atomic mass is 19.4. The molecule has 4 aromatic rings. The summed E-state index contributed by atoms with van der Waals surface area (Å²) in [5.41, 5.74) is 1.39. The maximum absolute atomic E-state index is 13.9. The number of nitrogens with one attached hydrogen (secondary N) is 2. The third-order valence-electron chi connectivity index (χ3n) is 7.80. The molecule has 2 aliphatic rings. The molecule has 2 heterocycles. The highest BCUT2D eigenvalue weighted by Crippen LogP contribution is 2.42. The number of aryl methyl sites for hydroxylation is 2. The van der Waals surface area contributed by atoms with Gasteiger partial charge in [0.05, 0.1) is 12.6 Å². The second kappa shape index (κ2) is 10.0. The molecule has 2 aromatic carbocycles. The minimum Gasteiger partial charge on any atom is -0.345 e. The first-order valence-corrected chi connectivity index (χ1v) is 13.6. The molecule has 41 heavy (non-hydrogen) atoms. The van der Waals surface area contributed by atoms with Crippen LogP contribution in [0, 0.1) is 24.1 Å². The predicted octanol–water partition coefficient (Wildman–Crippen LogP) is 5.90. The number of aromatic nitrogens is 4. The van der Waals surface area contributed by atoms with E-state index in [0.717, 1.165) is 35.9 Å². The zero-order valence-corrected chi connectivity index (χ0v) is 22.7. The Hall–Kier alpha value is -4.15. The summed E-state index contributed by atoms with van der Waals surface area (Å²) >= 11 is 0. The van der Waals surface area contributed by atoms with E-state index < -0.39 is 17.8 Å². The number of alkyl halides is 3. The number of carbonyl (C=O) groups excluding carboxylic acids is 1. The number of benzene rings is 2. The van der Waals surface area contributed by atoms with Crippen LogP contribution in [0.1, 0.15) is 70.5 Å². The number of hydrogen-bond acceptors (Lipinski definition) is 3. The van der Waals surface area contributed by atoms with Gasteiger partial charge < -0.3 is 14.5 Å². The van der Waals surface area contributed by atoms with Gasteiger partial charge in [0.1, 0.15) is 5.82 Å². The molecule has 214 valence electrons. The number of nitrogens with zero attached hydrogens (tertiary/aromatic N) is 4. The Morgan fingerprint density at radius 1 is 1.12 bits per heavy atom. The van der Waals surface area contributed by atoms with Crippen molar-refractivity contribution in [3.63, 3.8) is 0 Å². The van der Waals surface area contributed by atoms with Gasteiger partial charge in [0.15, 0.2) is 5.69 Å². The van der Waals surface area contributed by atoms with E-state index in [2.05, 4.69) is 10.4 Å². The smallest absolute Gasteiger partial charge is 0.345 e. The summed E-state index contributed by atoms with van der Waals surface area (Å²) in [6.45, 7) is 1.87. The highest BCUT2D eigenvalue weighted by Gasteiger charge is 2.38. The van der Waals surface area contributed by atoms with Crippen LogP contribution < -0.4 is 10.9 Å². The van der Waals surface area contributed by atoms with E-state index >= 15 is 0 Å². The van der Waals surface area contributed by atoms with E-state index in [4.69, 9.17) is 5.41 Å². The summed E-state index contributed by atoms with van der Waals surface area (Å²) in [6, 6.07) is 9.45. The van der Waals surface area contributed by atoms with Crippen LogP contribution in [0.4, 0.5) is 17.6 Å². The molecule has 0 aliphatic heterocycles. The minimum atomic E-state index is -4.68. The number of hydrogen-bond donors (Lipinski definition) is 2. The molecule has 0 bridgehead atoms. The van der Waals surface area contributed by atoms with Crippen LogP contribution in [0.2, 0.25) is 0 Å². The fourth-order valence-corrected chi connectivity index (χ4v) is 5.38. The van der Waals surface area contributed by atoms with E-state index in [1.165, 1.54) is 25.4 Å². The van der Waals surface area contributed by atoms with Crippen molar-refractivity contribution in [2.75, 3.05) is 0 Å². The number of halogens is 4. The first-order chi connectivity index (χ1) is 19.5. The summed E-state index contributed by atoms with van der Waals surface area (Å²) in [6.07, 6.45) is 4.08. The SMILES string of the molecule is Cc1cc([C@@H](NC(=O)c2cc(Cn3ccn(C4CC4)c3=N)cc(-c3cn(C)nc3C(F)(F)F)c2)C2CC2)ccc1F. The summed E-state index contributed by atoms with van der Waals surface area (Å²) in [7, 11) is 1.42. The predicted molar refractivity (Wildman–Crippen MR) is 143 cm³/mol. The van der Waals surface area contributed by atoms with Crippen molar-refractivity contribution in [3.8, 4) is 11.1 Å². The van der Waals surface area contributed by atoms with Gasteiger partial charge in [0, 0.05) is 42.8 Å². The van der Waals surface area contributed by atoms with Crippen LogP contribution in [0.15, 0.2) is 55.0 Å². The molecule has 2 fully saturated rings. The fourth-order valence-electron chi connectivity index (χ4n) is 5.38. The molecule has 2 aliphatic carbocycles. The Kier molecular flexibility index (Phi) is 6.62. The lowest BCUT2D eigenvalue weighted by molar-refractivity contribution is -0.140. The molecule has 0 spiro atoms. The van der Waals surface area contributed by atoms with E-state index in [9.17, 15) is 22.4 Å². The average Bonchev–Trinajstić information content (AvgIpc) is 3.85. The second-order valence-corrected chi connectivity index (χ2v) is 11.2. The van der Waals surface area contributed by atoms with Crippen molar-refractivity contribution in [1.29, 1.82) is 5.41 Å². The van der Waals surface area contributed by atoms with Crippen molar-refractivity contribution in [1.82, 2.24) is 24.2 Å². The van der Waals surface area contributed by atoms with Crippen molar-refractivity contribution < 1.29 is 22.4 Å². The largest absolute Gasteiger partial charge is 0.435 e. The van der Waals surface area contributed by atoms with Gasteiger partial charge in [-0.2, -0.15) is 18.3 Å². The Labute approximate surface area is 233 Å². The first-order valence-electron chi connectivity index (χ1n) is 13.6. The molecule has 7 nitrogen and oxygen atoms in total. The molecular weight excluding hydrogens is 536 g/mol. The van der Waals surface area contributed by atoms with Gasteiger partial charge >= 0.3 is 6.18 Å². The maximum atomic E-state index is 13.9. The van der Waals surface area contributed by atoms with Gasteiger partial charge in [-0.3, -0.25) is 14.9 Å². The number of carbonyl (C=O) groups is 1. The zero-order valence-electron chi connectivity index (χ0n) is 22.7. The van der Waals surface area contributed by atoms with Gasteiger partial charge in [-0.05, 0) is 85.0 Å². The Morgan fingerprint density at radius 2 is 1.88 bits per heavy atom. The topological polar surface area (TPSA) is 80.6 Å². The number of amides is 1. The van der Waals surface area contributed by atoms with E-state index in [0.29, 0.717) is 22.8 Å². The molecule has 2 aromatic heterocycles. The van der Waals surface area contributed by atoms with Gasteiger partial charge in [0.25, 0.3) is 5.91 Å². The average molecular weight is 567 g/mol. The van der Waals surface area contributed by atoms with Gasteiger partial charge in [-0.15, -0.1) is 0 Å². The molecule has 11 heteroatoms. The lowest BCUT2D eigenvalue weighted by atomic mass is 9.97. The fraction of sp³-hybridized carbons (Fsp3) is 0.367. The normalized spacial score (nSPS) is 16.1. The molecule has 2 saturated carbocycles. The second-order valence-electron chi connectivity index (χ2n) is 11.2. The van der Waals surface area contributed by atoms with Crippen molar-refractivity contribution in [3.05, 3.63) is 94.4 Å². The Morgan fingerprint density at radius 3 is 2.54 bits per heavy atom. The van der Waals surface area contributed by atoms with Gasteiger partial charge in [-0.25, -0.2) is 4.39 Å². The summed E-state index contributed by atoms with van der Waals surface area (Å²) in [4.78, 5) is 13.7. The lowest BCUT2D eigenvalue weighted by Crippen LogP contribution is -2.30. The molecule has 0 saturated heterocycles. The van der Waals surface area contributed by atoms with Gasteiger partial charge in [0.2, 0.25) is 5.62 Å². The Balaban J connectivity index is 1.39. The standard InChI is InChI=1S/C30H30F4N6O/c1-17-11-20(5-8-25(17)31)26(19-3-4-19)36-28(41)22-13-18(15-39-9-10-40(29(39)35)23-6-7-23)12-21(14-22)24-16-38(2)37-27(24)30(32,33)34/h5,8-14,16,19,23,26,35H,3-4,6-7,15H2,1-2H3,(H,36,41)/t26-/m0/s1. The molecule has 2 N–H and O–H groups in total. The summed E-state index contributed by atoms with van der Waals surface area (Å²) in [5, 5.41) is 15.3. The number of imidazole rings is 1. The maximum Gasteiger partial charge on any atom is 0.435 e. The van der Waals surface area contributed by atoms with E-state index in [1.54, 1.807) is 42.0 Å². The van der Waals surface area contributed by atoms with E-state index in [-0.39, 0.29) is 41.0 Å². The van der Waals surface area contributed by atoms with Crippen LogP contribution >= 0.6 is 0 Å². The van der Waals surface area contributed by atoms with Crippen molar-refractivity contribution in [2.45, 2.75) is 57.4 Å². The highest BCUT2D eigenvalue weighted by molar-refractivity contribution is 5.96. The quantitative estimate of drug-likeness (QED) is 0.261. The molecule has 6 rings (SSSR count). The molecule has 0 unspecified atom stereocenters. The third kappa shape index (κ3) is 5.57. The molecule has 1 amide bonds. The van der Waals surface area contributed by atoms with Crippen LogP contribution in [0.5, 0.6) is 0 Å². The molecular formula is C30H30F4N6O. The van der Waals surface area contributed by atoms with Crippen LogP contribution in [-0.2, 0) is 19.8 Å². The minimum absolute atomic E-state index is 0.129. The number of rotatable bonds is 8. The van der Waals surface area contributed by atoms with Crippen molar-refractivity contribution >= 4 is 5.91 Å². The lowest BCUT2D eigenvalue weighted by Gasteiger charge is -2.20. The summed E-state index contributed by atoms with van der Waals surface area (Å²) < 4.78 is 60.3. The van der Waals surface area contributed by atoms with Crippen LogP contribution in [0.3, 0.4) is 0 Å². The zero-order chi connectivity index (χ0) is 29.1. The van der Waals surface area contributed by atoms with Crippen LogP contribution in [-0.4, -0.2) is 24.8 Å².